The molecule has 0 aliphatic carbocycles. The number of hydrogen-bond acceptors (Lipinski definition) is 5. The molecule has 0 saturated carbocycles. The lowest BCUT2D eigenvalue weighted by molar-refractivity contribution is 0.969. The maximum Gasteiger partial charge on any atom is 0.0897 e. The van der Waals surface area contributed by atoms with Crippen molar-refractivity contribution in [2.24, 2.45) is 0 Å². The van der Waals surface area contributed by atoms with Gasteiger partial charge in [0.1, 0.15) is 0 Å². The molecule has 1 aromatic carbocycles. The summed E-state index contributed by atoms with van der Waals surface area (Å²) in [6.07, 6.45) is 0.912. The van der Waals surface area contributed by atoms with Gasteiger partial charge < -0.3 is 11.1 Å². The Kier molecular flexibility index (Phi) is 3.75. The van der Waals surface area contributed by atoms with Crippen molar-refractivity contribution in [3.05, 3.63) is 46.0 Å². The van der Waals surface area contributed by atoms with Gasteiger partial charge in [-0.05, 0) is 38.1 Å². The number of rotatable bonds is 4. The van der Waals surface area contributed by atoms with Crippen LogP contribution in [0.3, 0.4) is 0 Å². The molecule has 2 aromatic heterocycles. The van der Waals surface area contributed by atoms with Crippen LogP contribution in [0.4, 0.5) is 11.4 Å². The highest BCUT2D eigenvalue weighted by Gasteiger charge is 2.05. The number of pyridine rings is 1. The van der Waals surface area contributed by atoms with Crippen LogP contribution in [0.2, 0.25) is 0 Å². The van der Waals surface area contributed by atoms with E-state index in [1.807, 2.05) is 32.0 Å². The molecule has 21 heavy (non-hydrogen) atoms. The van der Waals surface area contributed by atoms with E-state index < -0.39 is 0 Å². The SMILES string of the molecule is Cc1cc(NCCc2csc(C)n2)c2cc(N)ccc2n1. The maximum absolute atomic E-state index is 5.89. The van der Waals surface area contributed by atoms with Gasteiger partial charge in [-0.25, -0.2) is 4.98 Å². The number of nitrogens with one attached hydrogen (secondary N) is 1. The van der Waals surface area contributed by atoms with E-state index in [-0.39, 0.29) is 0 Å². The minimum Gasteiger partial charge on any atom is -0.399 e. The number of aromatic nitrogens is 2. The first-order valence-electron chi connectivity index (χ1n) is 6.93. The van der Waals surface area contributed by atoms with Gasteiger partial charge in [0.05, 0.1) is 16.2 Å². The zero-order chi connectivity index (χ0) is 14.8. The fraction of sp³-hybridized carbons (Fsp3) is 0.250. The Morgan fingerprint density at radius 1 is 1.19 bits per heavy atom. The average molecular weight is 298 g/mol. The smallest absolute Gasteiger partial charge is 0.0897 e. The van der Waals surface area contributed by atoms with Crippen molar-refractivity contribution in [3.8, 4) is 0 Å². The third-order valence-electron chi connectivity index (χ3n) is 3.32. The number of hydrogen-bond donors (Lipinski definition) is 2. The van der Waals surface area contributed by atoms with Gasteiger partial charge in [-0.15, -0.1) is 11.3 Å². The fourth-order valence-corrected chi connectivity index (χ4v) is 3.02. The third kappa shape index (κ3) is 3.13. The monoisotopic (exact) mass is 298 g/mol. The highest BCUT2D eigenvalue weighted by molar-refractivity contribution is 7.09. The molecule has 3 N–H and O–H groups in total. The predicted molar refractivity (Wildman–Crippen MR) is 89.9 cm³/mol. The summed E-state index contributed by atoms with van der Waals surface area (Å²) in [4.78, 5) is 9.02. The summed E-state index contributed by atoms with van der Waals surface area (Å²) in [5.74, 6) is 0. The number of nitrogens with two attached hydrogens (primary N) is 1. The van der Waals surface area contributed by atoms with Crippen molar-refractivity contribution >= 4 is 33.6 Å². The molecular formula is C16H18N4S. The van der Waals surface area contributed by atoms with E-state index in [1.165, 1.54) is 0 Å². The molecular weight excluding hydrogens is 280 g/mol. The predicted octanol–water partition coefficient (Wildman–Crippen LogP) is 3.54. The molecule has 3 rings (SSSR count). The van der Waals surface area contributed by atoms with Gasteiger partial charge in [-0.2, -0.15) is 0 Å². The second-order valence-electron chi connectivity index (χ2n) is 5.12. The van der Waals surface area contributed by atoms with Crippen LogP contribution in [0.25, 0.3) is 10.9 Å². The molecule has 0 unspecified atom stereocenters. The zero-order valence-electron chi connectivity index (χ0n) is 12.2. The third-order valence-corrected chi connectivity index (χ3v) is 4.15. The van der Waals surface area contributed by atoms with E-state index in [0.29, 0.717) is 0 Å². The van der Waals surface area contributed by atoms with E-state index in [2.05, 4.69) is 26.7 Å². The maximum atomic E-state index is 5.89. The molecule has 0 aliphatic rings. The molecule has 5 heteroatoms. The largest absolute Gasteiger partial charge is 0.399 e. The number of thiazole rings is 1. The second kappa shape index (κ2) is 5.69. The van der Waals surface area contributed by atoms with Gasteiger partial charge in [0.15, 0.2) is 0 Å². The van der Waals surface area contributed by atoms with Crippen LogP contribution >= 0.6 is 11.3 Å². The van der Waals surface area contributed by atoms with E-state index in [4.69, 9.17) is 5.73 Å². The molecule has 0 bridgehead atoms. The van der Waals surface area contributed by atoms with Crippen molar-refractivity contribution in [2.45, 2.75) is 20.3 Å². The van der Waals surface area contributed by atoms with Crippen LogP contribution < -0.4 is 11.1 Å². The van der Waals surface area contributed by atoms with Crippen LogP contribution in [0.1, 0.15) is 16.4 Å². The molecule has 0 atom stereocenters. The van der Waals surface area contributed by atoms with Crippen molar-refractivity contribution < 1.29 is 0 Å². The summed E-state index contributed by atoms with van der Waals surface area (Å²) < 4.78 is 0. The molecule has 0 aliphatic heterocycles. The van der Waals surface area contributed by atoms with Crippen LogP contribution in [0.5, 0.6) is 0 Å². The molecule has 3 aromatic rings. The van der Waals surface area contributed by atoms with E-state index in [0.717, 1.165) is 51.6 Å². The molecule has 2 heterocycles. The number of fused-ring (bicyclic) bond motifs is 1. The first-order valence-corrected chi connectivity index (χ1v) is 7.81. The number of nitrogens with zero attached hydrogens (tertiary/aromatic N) is 2. The number of aryl methyl sites for hydroxylation is 2. The Labute approximate surface area is 128 Å². The van der Waals surface area contributed by atoms with E-state index in [1.54, 1.807) is 11.3 Å². The van der Waals surface area contributed by atoms with Crippen LogP contribution in [0.15, 0.2) is 29.6 Å². The van der Waals surface area contributed by atoms with Gasteiger partial charge in [-0.1, -0.05) is 0 Å². The lowest BCUT2D eigenvalue weighted by atomic mass is 10.1. The van der Waals surface area contributed by atoms with Gasteiger partial charge >= 0.3 is 0 Å². The molecule has 4 nitrogen and oxygen atoms in total. The Balaban J connectivity index is 1.81. The summed E-state index contributed by atoms with van der Waals surface area (Å²) >= 11 is 1.69. The average Bonchev–Trinajstić information content (AvgIpc) is 2.85. The molecule has 0 radical (unpaired) electrons. The van der Waals surface area contributed by atoms with Crippen LogP contribution in [-0.2, 0) is 6.42 Å². The fourth-order valence-electron chi connectivity index (χ4n) is 2.37. The van der Waals surface area contributed by atoms with Gasteiger partial charge in [0.25, 0.3) is 0 Å². The summed E-state index contributed by atoms with van der Waals surface area (Å²) in [6, 6.07) is 7.88. The number of nitrogen functional groups attached to an aromatic ring is 1. The zero-order valence-corrected chi connectivity index (χ0v) is 13.0. The number of benzene rings is 1. The molecule has 0 saturated heterocycles. The topological polar surface area (TPSA) is 63.8 Å². The second-order valence-corrected chi connectivity index (χ2v) is 6.18. The Bertz CT molecular complexity index is 779. The Morgan fingerprint density at radius 2 is 2.05 bits per heavy atom. The lowest BCUT2D eigenvalue weighted by Gasteiger charge is -2.11. The van der Waals surface area contributed by atoms with Crippen molar-refractivity contribution in [2.75, 3.05) is 17.6 Å². The first kappa shape index (κ1) is 13.8. The molecule has 0 amide bonds. The van der Waals surface area contributed by atoms with E-state index in [9.17, 15) is 0 Å². The van der Waals surface area contributed by atoms with Gasteiger partial charge in [0.2, 0.25) is 0 Å². The summed E-state index contributed by atoms with van der Waals surface area (Å²) in [6.45, 7) is 4.88. The molecule has 0 fully saturated rings. The quantitative estimate of drug-likeness (QED) is 0.723. The highest BCUT2D eigenvalue weighted by Crippen LogP contribution is 2.25. The highest BCUT2D eigenvalue weighted by atomic mass is 32.1. The minimum absolute atomic E-state index is 0.756. The normalized spacial score (nSPS) is 11.0. The lowest BCUT2D eigenvalue weighted by Crippen LogP contribution is -2.06. The van der Waals surface area contributed by atoms with Crippen molar-refractivity contribution in [3.63, 3.8) is 0 Å². The van der Waals surface area contributed by atoms with Gasteiger partial charge in [0, 0.05) is 40.8 Å². The van der Waals surface area contributed by atoms with Crippen molar-refractivity contribution in [1.29, 1.82) is 0 Å². The van der Waals surface area contributed by atoms with Crippen LogP contribution in [0, 0.1) is 13.8 Å². The van der Waals surface area contributed by atoms with Crippen LogP contribution in [-0.4, -0.2) is 16.5 Å². The Morgan fingerprint density at radius 3 is 2.81 bits per heavy atom. The van der Waals surface area contributed by atoms with E-state index >= 15 is 0 Å². The molecule has 108 valence electrons. The molecule has 0 spiro atoms. The summed E-state index contributed by atoms with van der Waals surface area (Å²) in [7, 11) is 0. The van der Waals surface area contributed by atoms with Gasteiger partial charge in [-0.3, -0.25) is 4.98 Å². The summed E-state index contributed by atoms with van der Waals surface area (Å²) in [5.41, 5.74) is 10.8. The Hall–Kier alpha value is -2.14. The number of anilines is 2. The standard InChI is InChI=1S/C16H18N4S/c1-10-7-16(14-8-12(17)3-4-15(14)19-10)18-6-5-13-9-21-11(2)20-13/h3-4,7-9H,5-6,17H2,1-2H3,(H,18,19). The summed E-state index contributed by atoms with van der Waals surface area (Å²) in [5, 5.41) is 7.78. The van der Waals surface area contributed by atoms with Crippen molar-refractivity contribution in [1.82, 2.24) is 9.97 Å². The minimum atomic E-state index is 0.756. The first-order chi connectivity index (χ1) is 10.1.